The summed E-state index contributed by atoms with van der Waals surface area (Å²) in [5.41, 5.74) is 15.4. The molecule has 2 rings (SSSR count). The molecule has 0 aliphatic rings. The molecule has 1 heterocycles. The minimum atomic E-state index is -0.0652. The highest BCUT2D eigenvalue weighted by Crippen LogP contribution is 2.24. The molecule has 0 aliphatic carbocycles. The molecule has 3 nitrogen and oxygen atoms in total. The number of aromatic nitrogens is 1. The van der Waals surface area contributed by atoms with Crippen molar-refractivity contribution in [1.82, 2.24) is 4.98 Å². The van der Waals surface area contributed by atoms with E-state index < -0.39 is 0 Å². The first-order valence-corrected chi connectivity index (χ1v) is 6.58. The smallest absolute Gasteiger partial charge is 0.126 e. The lowest BCUT2D eigenvalue weighted by Gasteiger charge is -2.15. The summed E-state index contributed by atoms with van der Waals surface area (Å²) in [6.45, 7) is 2.06. The Kier molecular flexibility index (Phi) is 3.99. The van der Waals surface area contributed by atoms with Crippen LogP contribution >= 0.6 is 15.9 Å². The van der Waals surface area contributed by atoms with Gasteiger partial charge in [0, 0.05) is 16.7 Å². The van der Waals surface area contributed by atoms with Gasteiger partial charge in [-0.15, -0.1) is 0 Å². The number of rotatable bonds is 3. The lowest BCUT2D eigenvalue weighted by Crippen LogP contribution is -2.15. The first-order chi connectivity index (χ1) is 8.58. The lowest BCUT2D eigenvalue weighted by atomic mass is 9.96. The first-order valence-electron chi connectivity index (χ1n) is 5.79. The standard InChI is InChI=1S/C14H16BrN3/c1-9-7-11(15)4-5-12(9)13(16)8-10-3-2-6-18-14(10)17/h2-7,13H,8,16H2,1H3,(H2,17,18). The minimum absolute atomic E-state index is 0.0652. The van der Waals surface area contributed by atoms with Crippen LogP contribution in [0.5, 0.6) is 0 Å². The number of hydrogen-bond donors (Lipinski definition) is 2. The van der Waals surface area contributed by atoms with E-state index in [2.05, 4.69) is 40.0 Å². The van der Waals surface area contributed by atoms with E-state index >= 15 is 0 Å². The van der Waals surface area contributed by atoms with Crippen LogP contribution in [0.1, 0.15) is 22.7 Å². The fourth-order valence-electron chi connectivity index (χ4n) is 2.03. The Hall–Kier alpha value is -1.39. The summed E-state index contributed by atoms with van der Waals surface area (Å²) in [6.07, 6.45) is 2.39. The third kappa shape index (κ3) is 2.89. The molecule has 0 aliphatic heterocycles. The van der Waals surface area contributed by atoms with Crippen molar-refractivity contribution in [2.75, 3.05) is 5.73 Å². The number of pyridine rings is 1. The first kappa shape index (κ1) is 13.1. The molecule has 0 bridgehead atoms. The number of aryl methyl sites for hydroxylation is 1. The van der Waals surface area contributed by atoms with Gasteiger partial charge in [0.05, 0.1) is 0 Å². The van der Waals surface area contributed by atoms with Crippen molar-refractivity contribution < 1.29 is 0 Å². The van der Waals surface area contributed by atoms with E-state index in [-0.39, 0.29) is 6.04 Å². The quantitative estimate of drug-likeness (QED) is 0.916. The lowest BCUT2D eigenvalue weighted by molar-refractivity contribution is 0.716. The molecule has 1 unspecified atom stereocenters. The highest BCUT2D eigenvalue weighted by Gasteiger charge is 2.11. The second-order valence-corrected chi connectivity index (χ2v) is 5.27. The number of halogens is 1. The maximum Gasteiger partial charge on any atom is 0.126 e. The topological polar surface area (TPSA) is 64.9 Å². The summed E-state index contributed by atoms with van der Waals surface area (Å²) in [6, 6.07) is 9.92. The predicted octanol–water partition coefficient (Wildman–Crippen LogP) is 2.98. The van der Waals surface area contributed by atoms with E-state index in [9.17, 15) is 0 Å². The molecule has 1 atom stereocenters. The van der Waals surface area contributed by atoms with Crippen molar-refractivity contribution in [3.05, 3.63) is 57.7 Å². The van der Waals surface area contributed by atoms with Crippen LogP contribution in [0.15, 0.2) is 41.0 Å². The van der Waals surface area contributed by atoms with Gasteiger partial charge < -0.3 is 11.5 Å². The van der Waals surface area contributed by atoms with Crippen molar-refractivity contribution in [1.29, 1.82) is 0 Å². The van der Waals surface area contributed by atoms with Gasteiger partial charge in [-0.3, -0.25) is 0 Å². The van der Waals surface area contributed by atoms with Gasteiger partial charge in [0.15, 0.2) is 0 Å². The van der Waals surface area contributed by atoms with E-state index in [1.165, 1.54) is 5.56 Å². The zero-order chi connectivity index (χ0) is 13.1. The highest BCUT2D eigenvalue weighted by atomic mass is 79.9. The van der Waals surface area contributed by atoms with Crippen LogP contribution < -0.4 is 11.5 Å². The third-order valence-corrected chi connectivity index (χ3v) is 3.49. The SMILES string of the molecule is Cc1cc(Br)ccc1C(N)Cc1cccnc1N. The third-order valence-electron chi connectivity index (χ3n) is 3.00. The van der Waals surface area contributed by atoms with E-state index in [0.717, 1.165) is 15.6 Å². The summed E-state index contributed by atoms with van der Waals surface area (Å²) in [4.78, 5) is 4.08. The molecule has 2 aromatic rings. The molecule has 94 valence electrons. The largest absolute Gasteiger partial charge is 0.383 e. The fraction of sp³-hybridized carbons (Fsp3) is 0.214. The molecule has 0 amide bonds. The molecular formula is C14H16BrN3. The number of nitrogen functional groups attached to an aromatic ring is 1. The second kappa shape index (κ2) is 5.50. The Morgan fingerprint density at radius 1 is 1.33 bits per heavy atom. The zero-order valence-electron chi connectivity index (χ0n) is 10.2. The zero-order valence-corrected chi connectivity index (χ0v) is 11.8. The van der Waals surface area contributed by atoms with Gasteiger partial charge in [0.25, 0.3) is 0 Å². The van der Waals surface area contributed by atoms with E-state index in [1.54, 1.807) is 6.20 Å². The van der Waals surface area contributed by atoms with Crippen molar-refractivity contribution in [3.63, 3.8) is 0 Å². The molecule has 0 radical (unpaired) electrons. The average molecular weight is 306 g/mol. The van der Waals surface area contributed by atoms with Crippen LogP contribution in [-0.4, -0.2) is 4.98 Å². The van der Waals surface area contributed by atoms with Crippen molar-refractivity contribution in [2.45, 2.75) is 19.4 Å². The molecule has 0 spiro atoms. The van der Waals surface area contributed by atoms with Gasteiger partial charge in [-0.25, -0.2) is 4.98 Å². The Morgan fingerprint density at radius 2 is 2.11 bits per heavy atom. The van der Waals surface area contributed by atoms with Crippen LogP contribution in [0.4, 0.5) is 5.82 Å². The minimum Gasteiger partial charge on any atom is -0.383 e. The Labute approximate surface area is 115 Å². The van der Waals surface area contributed by atoms with E-state index in [1.807, 2.05) is 18.2 Å². The summed E-state index contributed by atoms with van der Waals surface area (Å²) in [5, 5.41) is 0. The Balaban J connectivity index is 2.22. The van der Waals surface area contributed by atoms with Crippen molar-refractivity contribution in [2.24, 2.45) is 5.73 Å². The van der Waals surface area contributed by atoms with Crippen LogP contribution in [-0.2, 0) is 6.42 Å². The Morgan fingerprint density at radius 3 is 2.78 bits per heavy atom. The Bertz CT molecular complexity index is 554. The molecule has 0 saturated carbocycles. The molecule has 0 saturated heterocycles. The molecule has 0 fully saturated rings. The molecule has 18 heavy (non-hydrogen) atoms. The monoisotopic (exact) mass is 305 g/mol. The second-order valence-electron chi connectivity index (χ2n) is 4.36. The molecular weight excluding hydrogens is 290 g/mol. The molecule has 4 N–H and O–H groups in total. The number of anilines is 1. The number of hydrogen-bond acceptors (Lipinski definition) is 3. The summed E-state index contributed by atoms with van der Waals surface area (Å²) >= 11 is 3.45. The normalized spacial score (nSPS) is 12.4. The fourth-order valence-corrected chi connectivity index (χ4v) is 2.50. The van der Waals surface area contributed by atoms with E-state index in [0.29, 0.717) is 12.2 Å². The van der Waals surface area contributed by atoms with Crippen LogP contribution in [0.2, 0.25) is 0 Å². The molecule has 4 heteroatoms. The summed E-state index contributed by atoms with van der Waals surface area (Å²) in [7, 11) is 0. The number of nitrogens with zero attached hydrogens (tertiary/aromatic N) is 1. The highest BCUT2D eigenvalue weighted by molar-refractivity contribution is 9.10. The van der Waals surface area contributed by atoms with Gasteiger partial charge in [0.2, 0.25) is 0 Å². The maximum absolute atomic E-state index is 6.25. The van der Waals surface area contributed by atoms with Gasteiger partial charge in [0.1, 0.15) is 5.82 Å². The summed E-state index contributed by atoms with van der Waals surface area (Å²) < 4.78 is 1.07. The van der Waals surface area contributed by atoms with Gasteiger partial charge in [-0.1, -0.05) is 28.1 Å². The molecule has 1 aromatic heterocycles. The number of nitrogens with two attached hydrogens (primary N) is 2. The van der Waals surface area contributed by atoms with Gasteiger partial charge >= 0.3 is 0 Å². The van der Waals surface area contributed by atoms with Gasteiger partial charge in [-0.05, 0) is 48.2 Å². The molecule has 1 aromatic carbocycles. The maximum atomic E-state index is 6.25. The van der Waals surface area contributed by atoms with Crippen molar-refractivity contribution in [3.8, 4) is 0 Å². The average Bonchev–Trinajstić information content (AvgIpc) is 2.32. The van der Waals surface area contributed by atoms with Crippen LogP contribution in [0.25, 0.3) is 0 Å². The summed E-state index contributed by atoms with van der Waals surface area (Å²) in [5.74, 6) is 0.558. The van der Waals surface area contributed by atoms with E-state index in [4.69, 9.17) is 11.5 Å². The van der Waals surface area contributed by atoms with Crippen LogP contribution in [0, 0.1) is 6.92 Å². The van der Waals surface area contributed by atoms with Gasteiger partial charge in [-0.2, -0.15) is 0 Å². The van der Waals surface area contributed by atoms with Crippen molar-refractivity contribution >= 4 is 21.7 Å². The predicted molar refractivity (Wildman–Crippen MR) is 78.2 cm³/mol. The van der Waals surface area contributed by atoms with Crippen LogP contribution in [0.3, 0.4) is 0 Å². The number of benzene rings is 1.